The molecule has 2 aromatic carbocycles. The van der Waals surface area contributed by atoms with Gasteiger partial charge in [-0.25, -0.2) is 8.42 Å². The van der Waals surface area contributed by atoms with Gasteiger partial charge in [0.15, 0.2) is 0 Å². The highest BCUT2D eigenvalue weighted by Crippen LogP contribution is 2.24. The minimum absolute atomic E-state index is 0.0983. The van der Waals surface area contributed by atoms with E-state index in [1.54, 1.807) is 38.1 Å². The predicted molar refractivity (Wildman–Crippen MR) is 108 cm³/mol. The Kier molecular flexibility index (Phi) is 6.45. The summed E-state index contributed by atoms with van der Waals surface area (Å²) in [5, 5.41) is 5.64. The Bertz CT molecular complexity index is 957. The van der Waals surface area contributed by atoms with Gasteiger partial charge in [-0.15, -0.1) is 0 Å². The summed E-state index contributed by atoms with van der Waals surface area (Å²) in [6.45, 7) is 3.59. The number of anilines is 3. The minimum Gasteiger partial charge on any atom is -0.326 e. The first kappa shape index (κ1) is 20.7. The fourth-order valence-corrected chi connectivity index (χ4v) is 2.86. The van der Waals surface area contributed by atoms with E-state index in [1.165, 1.54) is 18.2 Å². The topological polar surface area (TPSA) is 104 Å². The summed E-state index contributed by atoms with van der Waals surface area (Å²) in [7, 11) is -3.52. The second kappa shape index (κ2) is 8.41. The van der Waals surface area contributed by atoms with Crippen LogP contribution in [0.5, 0.6) is 0 Å². The molecule has 0 radical (unpaired) electrons. The molecule has 0 aliphatic rings. The van der Waals surface area contributed by atoms with Crippen molar-refractivity contribution in [3.63, 3.8) is 0 Å². The summed E-state index contributed by atoms with van der Waals surface area (Å²) in [5.41, 5.74) is 1.51. The smallest absolute Gasteiger partial charge is 0.255 e. The van der Waals surface area contributed by atoms with Crippen LogP contribution < -0.4 is 15.4 Å². The number of nitrogens with one attached hydrogen (secondary N) is 3. The number of amides is 2. The van der Waals surface area contributed by atoms with E-state index in [0.29, 0.717) is 11.4 Å². The minimum atomic E-state index is -3.52. The van der Waals surface area contributed by atoms with Gasteiger partial charge in [0.25, 0.3) is 5.91 Å². The zero-order valence-corrected chi connectivity index (χ0v) is 16.6. The van der Waals surface area contributed by atoms with Gasteiger partial charge in [0.05, 0.1) is 17.0 Å². The van der Waals surface area contributed by atoms with Crippen molar-refractivity contribution in [3.05, 3.63) is 53.1 Å². The monoisotopic (exact) mass is 409 g/mol. The molecule has 0 fully saturated rings. The Balaban J connectivity index is 2.11. The molecule has 0 aromatic heterocycles. The summed E-state index contributed by atoms with van der Waals surface area (Å²) in [6.07, 6.45) is 0.996. The summed E-state index contributed by atoms with van der Waals surface area (Å²) in [4.78, 5) is 24.1. The van der Waals surface area contributed by atoms with Crippen molar-refractivity contribution >= 4 is 50.5 Å². The molecule has 2 amide bonds. The van der Waals surface area contributed by atoms with Crippen molar-refractivity contribution in [1.29, 1.82) is 0 Å². The van der Waals surface area contributed by atoms with Crippen LogP contribution in [0.1, 0.15) is 24.2 Å². The number of hydrogen-bond donors (Lipinski definition) is 3. The molecule has 0 bridgehead atoms. The van der Waals surface area contributed by atoms with Crippen LogP contribution in [0, 0.1) is 5.92 Å². The third-order valence-corrected chi connectivity index (χ3v) is 4.38. The molecule has 0 saturated carbocycles. The SMILES string of the molecule is CC(C)C(=O)Nc1ccc(NC(=O)c2ccc(Cl)c(NS(C)(=O)=O)c2)cc1. The average Bonchev–Trinajstić information content (AvgIpc) is 2.57. The first-order chi connectivity index (χ1) is 12.5. The van der Waals surface area contributed by atoms with Gasteiger partial charge in [0.2, 0.25) is 15.9 Å². The van der Waals surface area contributed by atoms with E-state index < -0.39 is 15.9 Å². The van der Waals surface area contributed by atoms with E-state index in [2.05, 4.69) is 15.4 Å². The molecule has 0 heterocycles. The Morgan fingerprint density at radius 3 is 2.04 bits per heavy atom. The van der Waals surface area contributed by atoms with Crippen molar-refractivity contribution in [2.45, 2.75) is 13.8 Å². The lowest BCUT2D eigenvalue weighted by Crippen LogP contribution is -2.17. The van der Waals surface area contributed by atoms with E-state index >= 15 is 0 Å². The normalized spacial score (nSPS) is 11.1. The van der Waals surface area contributed by atoms with Gasteiger partial charge in [-0.1, -0.05) is 25.4 Å². The molecule has 2 aromatic rings. The molecular formula is C18H20ClN3O4S. The van der Waals surface area contributed by atoms with Crippen LogP contribution in [0.3, 0.4) is 0 Å². The van der Waals surface area contributed by atoms with Crippen LogP contribution in [0.15, 0.2) is 42.5 Å². The van der Waals surface area contributed by atoms with Gasteiger partial charge in [-0.3, -0.25) is 14.3 Å². The zero-order valence-electron chi connectivity index (χ0n) is 15.0. The fraction of sp³-hybridized carbons (Fsp3) is 0.222. The summed E-state index contributed by atoms with van der Waals surface area (Å²) >= 11 is 5.96. The third-order valence-electron chi connectivity index (χ3n) is 3.46. The first-order valence-corrected chi connectivity index (χ1v) is 10.3. The fourth-order valence-electron chi connectivity index (χ4n) is 2.07. The molecule has 0 unspecified atom stereocenters. The quantitative estimate of drug-likeness (QED) is 0.678. The molecule has 27 heavy (non-hydrogen) atoms. The number of hydrogen-bond acceptors (Lipinski definition) is 4. The largest absolute Gasteiger partial charge is 0.326 e. The van der Waals surface area contributed by atoms with E-state index in [9.17, 15) is 18.0 Å². The molecule has 7 nitrogen and oxygen atoms in total. The van der Waals surface area contributed by atoms with E-state index in [-0.39, 0.29) is 28.1 Å². The van der Waals surface area contributed by atoms with Crippen LogP contribution in [-0.2, 0) is 14.8 Å². The van der Waals surface area contributed by atoms with Crippen molar-refractivity contribution in [1.82, 2.24) is 0 Å². The summed E-state index contributed by atoms with van der Waals surface area (Å²) < 4.78 is 25.0. The van der Waals surface area contributed by atoms with E-state index in [4.69, 9.17) is 11.6 Å². The van der Waals surface area contributed by atoms with Crippen molar-refractivity contribution in [2.24, 2.45) is 5.92 Å². The molecule has 144 valence electrons. The maximum Gasteiger partial charge on any atom is 0.255 e. The van der Waals surface area contributed by atoms with Crippen molar-refractivity contribution in [3.8, 4) is 0 Å². The van der Waals surface area contributed by atoms with Gasteiger partial charge in [0, 0.05) is 22.9 Å². The van der Waals surface area contributed by atoms with Gasteiger partial charge < -0.3 is 10.6 Å². The number of sulfonamides is 1. The van der Waals surface area contributed by atoms with Crippen LogP contribution in [0.2, 0.25) is 5.02 Å². The molecule has 0 spiro atoms. The molecule has 9 heteroatoms. The van der Waals surface area contributed by atoms with Crippen LogP contribution in [-0.4, -0.2) is 26.5 Å². The lowest BCUT2D eigenvalue weighted by molar-refractivity contribution is -0.118. The number of halogens is 1. The Morgan fingerprint density at radius 1 is 0.963 bits per heavy atom. The lowest BCUT2D eigenvalue weighted by atomic mass is 10.1. The maximum atomic E-state index is 12.4. The summed E-state index contributed by atoms with van der Waals surface area (Å²) in [5.74, 6) is -0.662. The number of carbonyl (C=O) groups excluding carboxylic acids is 2. The highest BCUT2D eigenvalue weighted by Gasteiger charge is 2.12. The molecule has 0 aliphatic carbocycles. The molecule has 3 N–H and O–H groups in total. The van der Waals surface area contributed by atoms with Gasteiger partial charge in [0.1, 0.15) is 0 Å². The zero-order chi connectivity index (χ0) is 20.2. The van der Waals surface area contributed by atoms with E-state index in [1.807, 2.05) is 0 Å². The van der Waals surface area contributed by atoms with Gasteiger partial charge in [-0.2, -0.15) is 0 Å². The molecule has 0 aliphatic heterocycles. The number of rotatable bonds is 6. The van der Waals surface area contributed by atoms with Crippen LogP contribution in [0.25, 0.3) is 0 Å². The first-order valence-electron chi connectivity index (χ1n) is 8.05. The Labute approximate surface area is 163 Å². The Morgan fingerprint density at radius 2 is 1.52 bits per heavy atom. The molecule has 2 rings (SSSR count). The molecule has 0 atom stereocenters. The second-order valence-corrected chi connectivity index (χ2v) is 8.40. The molecule has 0 saturated heterocycles. The summed E-state index contributed by atoms with van der Waals surface area (Å²) in [6, 6.07) is 10.9. The molecular weight excluding hydrogens is 390 g/mol. The average molecular weight is 410 g/mol. The lowest BCUT2D eigenvalue weighted by Gasteiger charge is -2.11. The van der Waals surface area contributed by atoms with Gasteiger partial charge >= 0.3 is 0 Å². The third kappa shape index (κ3) is 6.26. The van der Waals surface area contributed by atoms with Gasteiger partial charge in [-0.05, 0) is 42.5 Å². The highest BCUT2D eigenvalue weighted by molar-refractivity contribution is 7.92. The van der Waals surface area contributed by atoms with E-state index in [0.717, 1.165) is 6.26 Å². The Hall–Kier alpha value is -2.58. The predicted octanol–water partition coefficient (Wildman–Crippen LogP) is 3.56. The second-order valence-electron chi connectivity index (χ2n) is 6.24. The van der Waals surface area contributed by atoms with Crippen LogP contribution >= 0.6 is 11.6 Å². The highest BCUT2D eigenvalue weighted by atomic mass is 35.5. The van der Waals surface area contributed by atoms with Crippen LogP contribution in [0.4, 0.5) is 17.1 Å². The maximum absolute atomic E-state index is 12.4. The van der Waals surface area contributed by atoms with Crippen molar-refractivity contribution in [2.75, 3.05) is 21.6 Å². The number of carbonyl (C=O) groups is 2. The number of benzene rings is 2. The van der Waals surface area contributed by atoms with Crippen molar-refractivity contribution < 1.29 is 18.0 Å². The standard InChI is InChI=1S/C18H20ClN3O4S/c1-11(2)17(23)20-13-5-7-14(8-6-13)21-18(24)12-4-9-15(19)16(10-12)22-27(3,25)26/h4-11,22H,1-3H3,(H,20,23)(H,21,24).